The first-order valence-electron chi connectivity index (χ1n) is 13.1. The van der Waals surface area contributed by atoms with Gasteiger partial charge in [0.05, 0.1) is 42.7 Å². The molecule has 0 spiro atoms. The Hall–Kier alpha value is -3.20. The van der Waals surface area contributed by atoms with Crippen molar-refractivity contribution in [2.75, 3.05) is 19.0 Å². The molecule has 9 heteroatoms. The Bertz CT molecular complexity index is 1290. The minimum absolute atomic E-state index is 0.0156. The summed E-state index contributed by atoms with van der Waals surface area (Å²) in [4.78, 5) is 24.0. The van der Waals surface area contributed by atoms with Crippen LogP contribution in [0.4, 0.5) is 5.95 Å². The third kappa shape index (κ3) is 6.26. The summed E-state index contributed by atoms with van der Waals surface area (Å²) in [6.45, 7) is 3.69. The predicted octanol–water partition coefficient (Wildman–Crippen LogP) is 4.71. The number of aliphatic hydroxyl groups excluding tert-OH is 1. The van der Waals surface area contributed by atoms with E-state index in [1.54, 1.807) is 13.3 Å². The van der Waals surface area contributed by atoms with Gasteiger partial charge in [-0.2, -0.15) is 0 Å². The predicted molar refractivity (Wildman–Crippen MR) is 148 cm³/mol. The average molecular weight is 536 g/mol. The lowest BCUT2D eigenvalue weighted by Crippen LogP contribution is -2.36. The van der Waals surface area contributed by atoms with E-state index in [0.717, 1.165) is 42.6 Å². The van der Waals surface area contributed by atoms with Crippen molar-refractivity contribution in [1.29, 1.82) is 0 Å². The molecule has 1 aliphatic carbocycles. The number of nitrogens with zero attached hydrogens (tertiary/aromatic N) is 3. The van der Waals surface area contributed by atoms with Crippen LogP contribution in [0.2, 0.25) is 5.02 Å². The van der Waals surface area contributed by atoms with Crippen molar-refractivity contribution in [1.82, 2.24) is 20.2 Å². The molecule has 1 amide bonds. The second kappa shape index (κ2) is 11.7. The molecule has 200 valence electrons. The van der Waals surface area contributed by atoms with Gasteiger partial charge in [0.2, 0.25) is 11.9 Å². The highest BCUT2D eigenvalue weighted by molar-refractivity contribution is 6.32. The molecule has 0 radical (unpaired) electrons. The first kappa shape index (κ1) is 26.4. The van der Waals surface area contributed by atoms with E-state index in [1.165, 1.54) is 11.1 Å². The highest BCUT2D eigenvalue weighted by atomic mass is 35.5. The fourth-order valence-corrected chi connectivity index (χ4v) is 5.45. The number of nitrogens with one attached hydrogen (secondary N) is 2. The summed E-state index contributed by atoms with van der Waals surface area (Å²) in [5.74, 6) is 1.31. The van der Waals surface area contributed by atoms with Crippen molar-refractivity contribution < 1.29 is 14.6 Å². The van der Waals surface area contributed by atoms with Crippen molar-refractivity contribution in [3.63, 3.8) is 0 Å². The number of benzene rings is 2. The van der Waals surface area contributed by atoms with E-state index in [4.69, 9.17) is 21.3 Å². The molecule has 2 aliphatic rings. The fourth-order valence-electron chi connectivity index (χ4n) is 5.25. The van der Waals surface area contributed by atoms with Crippen LogP contribution in [0.5, 0.6) is 5.75 Å². The Morgan fingerprint density at radius 1 is 1.16 bits per heavy atom. The minimum Gasteiger partial charge on any atom is -0.497 e. The molecule has 3 N–H and O–H groups in total. The van der Waals surface area contributed by atoms with Crippen LogP contribution >= 0.6 is 11.6 Å². The number of aliphatic hydroxyl groups is 1. The summed E-state index contributed by atoms with van der Waals surface area (Å²) in [5.41, 5.74) is 4.99. The van der Waals surface area contributed by atoms with E-state index in [-0.39, 0.29) is 24.1 Å². The molecule has 1 aliphatic heterocycles. The normalized spacial score (nSPS) is 20.0. The smallest absolute Gasteiger partial charge is 0.234 e. The molecule has 1 fully saturated rings. The number of ether oxygens (including phenoxy) is 1. The first-order chi connectivity index (χ1) is 18.4. The van der Waals surface area contributed by atoms with Crippen molar-refractivity contribution in [2.24, 2.45) is 0 Å². The quantitative estimate of drug-likeness (QED) is 0.384. The molecule has 38 heavy (non-hydrogen) atoms. The fraction of sp³-hybridized carbons (Fsp3) is 0.414. The largest absolute Gasteiger partial charge is 0.497 e. The number of anilines is 1. The Balaban J connectivity index is 1.21. The Kier molecular flexibility index (Phi) is 8.12. The zero-order chi connectivity index (χ0) is 26.6. The lowest BCUT2D eigenvalue weighted by atomic mass is 9.93. The standard InChI is InChI=1S/C29H34ClN5O3/c1-18(19-4-3-5-25(13-19)38-2)32-27(37)17-35-15-21-7-6-20(12-22(21)16-35)28-26(30)14-31-29(34-28)33-23-8-10-24(36)11-9-23/h3-7,12-14,18,23-24,36H,8-11,15-17H2,1-2H3,(H,32,37)(H,31,33,34)/t18-,23?,24?/m1/s1. The number of amides is 1. The van der Waals surface area contributed by atoms with E-state index in [9.17, 15) is 9.90 Å². The van der Waals surface area contributed by atoms with E-state index in [2.05, 4.69) is 32.7 Å². The molecule has 0 unspecified atom stereocenters. The van der Waals surface area contributed by atoms with Gasteiger partial charge in [-0.1, -0.05) is 35.9 Å². The molecule has 5 rings (SSSR count). The number of methoxy groups -OCH3 is 1. The number of fused-ring (bicyclic) bond motifs is 1. The van der Waals surface area contributed by atoms with Crippen LogP contribution < -0.4 is 15.4 Å². The number of hydrogen-bond acceptors (Lipinski definition) is 7. The van der Waals surface area contributed by atoms with E-state index in [1.807, 2.05) is 37.3 Å². The summed E-state index contributed by atoms with van der Waals surface area (Å²) in [5, 5.41) is 16.8. The number of carbonyl (C=O) groups is 1. The molecule has 1 atom stereocenters. The summed E-state index contributed by atoms with van der Waals surface area (Å²) >= 11 is 6.50. The molecule has 1 saturated carbocycles. The van der Waals surface area contributed by atoms with Gasteiger partial charge < -0.3 is 20.5 Å². The number of hydrogen-bond donors (Lipinski definition) is 3. The maximum Gasteiger partial charge on any atom is 0.234 e. The molecule has 8 nitrogen and oxygen atoms in total. The van der Waals surface area contributed by atoms with Crippen LogP contribution in [0.1, 0.15) is 55.3 Å². The van der Waals surface area contributed by atoms with Gasteiger partial charge in [0.15, 0.2) is 0 Å². The van der Waals surface area contributed by atoms with Crippen molar-refractivity contribution in [2.45, 2.75) is 63.9 Å². The monoisotopic (exact) mass is 535 g/mol. The molecule has 0 bridgehead atoms. The van der Waals surface area contributed by atoms with Crippen LogP contribution in [-0.4, -0.2) is 51.7 Å². The van der Waals surface area contributed by atoms with Crippen LogP contribution in [-0.2, 0) is 17.9 Å². The van der Waals surface area contributed by atoms with Gasteiger partial charge in [-0.15, -0.1) is 0 Å². The number of aromatic nitrogens is 2. The highest BCUT2D eigenvalue weighted by Crippen LogP contribution is 2.32. The Morgan fingerprint density at radius 2 is 1.95 bits per heavy atom. The number of rotatable bonds is 8. The molecule has 3 aromatic rings. The summed E-state index contributed by atoms with van der Waals surface area (Å²) < 4.78 is 5.30. The van der Waals surface area contributed by atoms with Crippen molar-refractivity contribution in [3.8, 4) is 17.0 Å². The molecule has 2 heterocycles. The highest BCUT2D eigenvalue weighted by Gasteiger charge is 2.24. The average Bonchev–Trinajstić information content (AvgIpc) is 3.32. The summed E-state index contributed by atoms with van der Waals surface area (Å²) in [7, 11) is 1.64. The van der Waals surface area contributed by atoms with Gasteiger partial charge in [0.25, 0.3) is 0 Å². The van der Waals surface area contributed by atoms with E-state index >= 15 is 0 Å². The summed E-state index contributed by atoms with van der Waals surface area (Å²) in [6.07, 6.45) is 4.79. The zero-order valence-corrected chi connectivity index (χ0v) is 22.5. The maximum atomic E-state index is 12.8. The Morgan fingerprint density at radius 3 is 2.74 bits per heavy atom. The third-order valence-corrected chi connectivity index (χ3v) is 7.66. The lowest BCUT2D eigenvalue weighted by Gasteiger charge is -2.26. The number of carbonyl (C=O) groups excluding carboxylic acids is 1. The van der Waals surface area contributed by atoms with E-state index in [0.29, 0.717) is 36.3 Å². The van der Waals surface area contributed by atoms with Crippen LogP contribution in [0.3, 0.4) is 0 Å². The molecule has 1 aromatic heterocycles. The van der Waals surface area contributed by atoms with Crippen molar-refractivity contribution in [3.05, 3.63) is 70.4 Å². The number of halogens is 1. The topological polar surface area (TPSA) is 99.6 Å². The second-order valence-corrected chi connectivity index (χ2v) is 10.6. The molecular weight excluding hydrogens is 502 g/mol. The Labute approximate surface area is 228 Å². The second-order valence-electron chi connectivity index (χ2n) is 10.2. The minimum atomic E-state index is -0.205. The van der Waals surface area contributed by atoms with Gasteiger partial charge in [0.1, 0.15) is 5.75 Å². The van der Waals surface area contributed by atoms with Gasteiger partial charge in [-0.05, 0) is 67.5 Å². The molecule has 0 saturated heterocycles. The summed E-state index contributed by atoms with van der Waals surface area (Å²) in [6, 6.07) is 14.1. The van der Waals surface area contributed by atoms with Gasteiger partial charge in [0, 0.05) is 24.7 Å². The molecular formula is C29H34ClN5O3. The molecule has 2 aromatic carbocycles. The van der Waals surface area contributed by atoms with Crippen LogP contribution in [0.15, 0.2) is 48.7 Å². The third-order valence-electron chi connectivity index (χ3n) is 7.38. The zero-order valence-electron chi connectivity index (χ0n) is 21.8. The van der Waals surface area contributed by atoms with Gasteiger partial charge in [-0.3, -0.25) is 9.69 Å². The van der Waals surface area contributed by atoms with Crippen LogP contribution in [0, 0.1) is 0 Å². The lowest BCUT2D eigenvalue weighted by molar-refractivity contribution is -0.123. The van der Waals surface area contributed by atoms with Crippen molar-refractivity contribution >= 4 is 23.5 Å². The maximum absolute atomic E-state index is 12.8. The van der Waals surface area contributed by atoms with E-state index < -0.39 is 0 Å². The van der Waals surface area contributed by atoms with Gasteiger partial charge >= 0.3 is 0 Å². The first-order valence-corrected chi connectivity index (χ1v) is 13.5. The van der Waals surface area contributed by atoms with Gasteiger partial charge in [-0.25, -0.2) is 9.97 Å². The SMILES string of the molecule is COc1cccc([C@@H](C)NC(=O)CN2Cc3ccc(-c4nc(NC5CCC(O)CC5)ncc4Cl)cc3C2)c1. The van der Waals surface area contributed by atoms with Crippen LogP contribution in [0.25, 0.3) is 11.3 Å².